The first kappa shape index (κ1) is 20.9. The van der Waals surface area contributed by atoms with Crippen LogP contribution < -0.4 is 14.8 Å². The van der Waals surface area contributed by atoms with Gasteiger partial charge in [0.1, 0.15) is 18.2 Å². The third-order valence-corrected chi connectivity index (χ3v) is 5.61. The van der Waals surface area contributed by atoms with E-state index in [0.717, 1.165) is 16.8 Å². The van der Waals surface area contributed by atoms with E-state index in [9.17, 15) is 9.59 Å². The highest BCUT2D eigenvalue weighted by Crippen LogP contribution is 2.31. The van der Waals surface area contributed by atoms with Crippen LogP contribution in [0.1, 0.15) is 21.8 Å². The van der Waals surface area contributed by atoms with Gasteiger partial charge in [0.05, 0.1) is 12.1 Å². The van der Waals surface area contributed by atoms with Gasteiger partial charge in [0, 0.05) is 11.1 Å². The molecule has 0 unspecified atom stereocenters. The Morgan fingerprint density at radius 3 is 2.84 bits per heavy atom. The number of carbonyl (C=O) groups is 2. The van der Waals surface area contributed by atoms with Crippen molar-refractivity contribution in [3.8, 4) is 11.5 Å². The standard InChI is InChI=1S/C23H22N2O5S/c1-14-7-8-15(2)17(9-14)25-21(26)10-22-24-16(13-31-22)11-29-23(27)20-12-28-18-5-3-4-6-19(18)30-20/h3-9,13,20H,10-12H2,1-2H3,(H,25,26)/t20-/m0/s1. The number of fused-ring (bicyclic) bond motifs is 1. The Labute approximate surface area is 184 Å². The van der Waals surface area contributed by atoms with E-state index >= 15 is 0 Å². The minimum Gasteiger partial charge on any atom is -0.485 e. The molecule has 1 aliphatic rings. The highest BCUT2D eigenvalue weighted by Gasteiger charge is 2.28. The molecule has 160 valence electrons. The number of amides is 1. The third kappa shape index (κ3) is 5.21. The lowest BCUT2D eigenvalue weighted by molar-refractivity contribution is -0.156. The van der Waals surface area contributed by atoms with Crippen LogP contribution in [-0.4, -0.2) is 29.6 Å². The lowest BCUT2D eigenvalue weighted by atomic mass is 10.1. The summed E-state index contributed by atoms with van der Waals surface area (Å²) < 4.78 is 16.5. The number of thiazole rings is 1. The van der Waals surface area contributed by atoms with E-state index in [1.807, 2.05) is 44.2 Å². The molecule has 8 heteroatoms. The van der Waals surface area contributed by atoms with Crippen molar-refractivity contribution in [3.63, 3.8) is 0 Å². The van der Waals surface area contributed by atoms with Crippen LogP contribution in [-0.2, 0) is 27.4 Å². The zero-order valence-corrected chi connectivity index (χ0v) is 18.0. The minimum atomic E-state index is -0.823. The van der Waals surface area contributed by atoms with Crippen LogP contribution in [0.4, 0.5) is 5.69 Å². The fourth-order valence-electron chi connectivity index (χ4n) is 3.07. The van der Waals surface area contributed by atoms with Gasteiger partial charge in [-0.1, -0.05) is 24.3 Å². The first-order valence-corrected chi connectivity index (χ1v) is 10.7. The summed E-state index contributed by atoms with van der Waals surface area (Å²) in [6.07, 6.45) is -0.668. The molecule has 4 rings (SSSR count). The molecule has 1 amide bonds. The van der Waals surface area contributed by atoms with E-state index in [1.54, 1.807) is 17.5 Å². The van der Waals surface area contributed by atoms with Crippen molar-refractivity contribution in [3.05, 3.63) is 69.7 Å². The van der Waals surface area contributed by atoms with E-state index in [4.69, 9.17) is 14.2 Å². The van der Waals surface area contributed by atoms with E-state index < -0.39 is 12.1 Å². The molecule has 1 N–H and O–H groups in total. The Kier molecular flexibility index (Phi) is 6.18. The molecule has 0 saturated carbocycles. The normalized spacial score (nSPS) is 14.7. The number of rotatable bonds is 6. The van der Waals surface area contributed by atoms with Crippen molar-refractivity contribution in [1.29, 1.82) is 0 Å². The molecule has 2 aromatic carbocycles. The van der Waals surface area contributed by atoms with Crippen molar-refractivity contribution in [2.45, 2.75) is 33.0 Å². The Morgan fingerprint density at radius 1 is 1.19 bits per heavy atom. The van der Waals surface area contributed by atoms with Gasteiger partial charge in [0.2, 0.25) is 12.0 Å². The van der Waals surface area contributed by atoms with Crippen LogP contribution >= 0.6 is 11.3 Å². The Morgan fingerprint density at radius 2 is 2.00 bits per heavy atom. The number of aromatic nitrogens is 1. The number of hydrogen-bond donors (Lipinski definition) is 1. The van der Waals surface area contributed by atoms with Crippen LogP contribution in [0, 0.1) is 13.8 Å². The third-order valence-electron chi connectivity index (χ3n) is 4.71. The van der Waals surface area contributed by atoms with Gasteiger partial charge in [-0.3, -0.25) is 4.79 Å². The maximum absolute atomic E-state index is 12.4. The summed E-state index contributed by atoms with van der Waals surface area (Å²) in [6.45, 7) is 4.03. The molecule has 1 atom stereocenters. The first-order chi connectivity index (χ1) is 15.0. The largest absolute Gasteiger partial charge is 0.485 e. The second kappa shape index (κ2) is 9.18. The zero-order valence-electron chi connectivity index (χ0n) is 17.2. The van der Waals surface area contributed by atoms with Gasteiger partial charge < -0.3 is 19.5 Å². The number of ether oxygens (including phenoxy) is 3. The molecular formula is C23H22N2O5S. The number of para-hydroxylation sites is 2. The zero-order chi connectivity index (χ0) is 21.8. The van der Waals surface area contributed by atoms with Gasteiger partial charge in [-0.25, -0.2) is 9.78 Å². The molecule has 0 saturated heterocycles. The van der Waals surface area contributed by atoms with Crippen LogP contribution in [0.2, 0.25) is 0 Å². The summed E-state index contributed by atoms with van der Waals surface area (Å²) in [6, 6.07) is 13.1. The number of esters is 1. The van der Waals surface area contributed by atoms with Crippen molar-refractivity contribution >= 4 is 28.9 Å². The van der Waals surface area contributed by atoms with Gasteiger partial charge in [0.15, 0.2) is 11.5 Å². The number of hydrogen-bond acceptors (Lipinski definition) is 7. The van der Waals surface area contributed by atoms with Gasteiger partial charge in [0.25, 0.3) is 0 Å². The summed E-state index contributed by atoms with van der Waals surface area (Å²) in [4.78, 5) is 29.1. The van der Waals surface area contributed by atoms with Crippen molar-refractivity contribution in [2.75, 3.05) is 11.9 Å². The maximum atomic E-state index is 12.4. The number of anilines is 1. The second-order valence-electron chi connectivity index (χ2n) is 7.25. The molecule has 2 heterocycles. The molecule has 0 aliphatic carbocycles. The molecule has 1 aliphatic heterocycles. The monoisotopic (exact) mass is 438 g/mol. The predicted molar refractivity (Wildman–Crippen MR) is 117 cm³/mol. The number of carbonyl (C=O) groups excluding carboxylic acids is 2. The van der Waals surface area contributed by atoms with Crippen LogP contribution in [0.5, 0.6) is 11.5 Å². The minimum absolute atomic E-state index is 0.00937. The Hall–Kier alpha value is -3.39. The van der Waals surface area contributed by atoms with Gasteiger partial charge in [-0.05, 0) is 43.2 Å². The lowest BCUT2D eigenvalue weighted by Crippen LogP contribution is -2.37. The van der Waals surface area contributed by atoms with Crippen LogP contribution in [0.15, 0.2) is 47.8 Å². The maximum Gasteiger partial charge on any atom is 0.351 e. The van der Waals surface area contributed by atoms with Gasteiger partial charge >= 0.3 is 5.97 Å². The number of nitrogens with zero attached hydrogens (tertiary/aromatic N) is 1. The summed E-state index contributed by atoms with van der Waals surface area (Å²) >= 11 is 1.35. The molecule has 31 heavy (non-hydrogen) atoms. The summed E-state index contributed by atoms with van der Waals surface area (Å²) in [5, 5.41) is 5.35. The number of benzene rings is 2. The molecule has 1 aromatic heterocycles. The SMILES string of the molecule is Cc1ccc(C)c(NC(=O)Cc2nc(COC(=O)[C@@H]3COc4ccccc4O3)cs2)c1. The van der Waals surface area contributed by atoms with E-state index in [1.165, 1.54) is 11.3 Å². The topological polar surface area (TPSA) is 86.8 Å². The Balaban J connectivity index is 1.28. The molecular weight excluding hydrogens is 416 g/mol. The summed E-state index contributed by atoms with van der Waals surface area (Å²) in [5.74, 6) is 0.464. The van der Waals surface area contributed by atoms with Gasteiger partial charge in [-0.2, -0.15) is 0 Å². The molecule has 0 spiro atoms. The van der Waals surface area contributed by atoms with Crippen LogP contribution in [0.25, 0.3) is 0 Å². The smallest absolute Gasteiger partial charge is 0.351 e. The summed E-state index contributed by atoms with van der Waals surface area (Å²) in [7, 11) is 0. The van der Waals surface area contributed by atoms with Gasteiger partial charge in [-0.15, -0.1) is 11.3 Å². The molecule has 0 fully saturated rings. The lowest BCUT2D eigenvalue weighted by Gasteiger charge is -2.24. The van der Waals surface area contributed by atoms with E-state index in [0.29, 0.717) is 22.2 Å². The van der Waals surface area contributed by atoms with E-state index in [2.05, 4.69) is 10.3 Å². The molecule has 0 bridgehead atoms. The summed E-state index contributed by atoms with van der Waals surface area (Å²) in [5.41, 5.74) is 3.47. The highest BCUT2D eigenvalue weighted by molar-refractivity contribution is 7.09. The number of nitrogens with one attached hydrogen (secondary N) is 1. The quantitative estimate of drug-likeness (QED) is 0.589. The Bertz CT molecular complexity index is 1110. The molecule has 0 radical (unpaired) electrons. The second-order valence-corrected chi connectivity index (χ2v) is 8.19. The van der Waals surface area contributed by atoms with Crippen molar-refractivity contribution in [2.24, 2.45) is 0 Å². The predicted octanol–water partition coefficient (Wildman–Crippen LogP) is 3.82. The van der Waals surface area contributed by atoms with Crippen molar-refractivity contribution in [1.82, 2.24) is 4.98 Å². The highest BCUT2D eigenvalue weighted by atomic mass is 32.1. The average molecular weight is 439 g/mol. The molecule has 7 nitrogen and oxygen atoms in total. The average Bonchev–Trinajstić information content (AvgIpc) is 3.21. The van der Waals surface area contributed by atoms with E-state index in [-0.39, 0.29) is 25.5 Å². The fourth-order valence-corrected chi connectivity index (χ4v) is 3.85. The van der Waals surface area contributed by atoms with Crippen LogP contribution in [0.3, 0.4) is 0 Å². The number of aryl methyl sites for hydroxylation is 2. The molecule has 3 aromatic rings. The first-order valence-electron chi connectivity index (χ1n) is 9.83. The van der Waals surface area contributed by atoms with Crippen molar-refractivity contribution < 1.29 is 23.8 Å². The fraction of sp³-hybridized carbons (Fsp3) is 0.261.